The van der Waals surface area contributed by atoms with Crippen LogP contribution >= 0.6 is 11.6 Å². The summed E-state index contributed by atoms with van der Waals surface area (Å²) in [5.41, 5.74) is 0.134. The zero-order valence-electron chi connectivity index (χ0n) is 10.0. The zero-order chi connectivity index (χ0) is 14.8. The van der Waals surface area contributed by atoms with Gasteiger partial charge in [0.2, 0.25) is 0 Å². The number of nitrogens with one attached hydrogen (secondary N) is 1. The number of nitrogens with zero attached hydrogens (tertiary/aromatic N) is 1. The van der Waals surface area contributed by atoms with Gasteiger partial charge in [0.15, 0.2) is 5.03 Å². The lowest BCUT2D eigenvalue weighted by Gasteiger charge is -2.10. The molecule has 0 radical (unpaired) electrons. The van der Waals surface area contributed by atoms with E-state index in [1.54, 1.807) is 0 Å². The van der Waals surface area contributed by atoms with Crippen LogP contribution in [0.2, 0.25) is 5.02 Å². The molecule has 0 saturated carbocycles. The molecular weight excluding hydrogens is 307 g/mol. The van der Waals surface area contributed by atoms with Gasteiger partial charge >= 0.3 is 0 Å². The molecule has 2 N–H and O–H groups in total. The molecule has 0 unspecified atom stereocenters. The van der Waals surface area contributed by atoms with Crippen molar-refractivity contribution < 1.29 is 17.9 Å². The van der Waals surface area contributed by atoms with Gasteiger partial charge in [0.05, 0.1) is 11.6 Å². The Balaban J connectivity index is 2.35. The highest BCUT2D eigenvalue weighted by Gasteiger charge is 2.19. The van der Waals surface area contributed by atoms with Gasteiger partial charge in [0.1, 0.15) is 11.5 Å². The number of benzene rings is 1. The normalized spacial score (nSPS) is 11.3. The Morgan fingerprint density at radius 1 is 1.30 bits per heavy atom. The maximum absolute atomic E-state index is 13.6. The molecule has 106 valence electrons. The van der Waals surface area contributed by atoms with Crippen LogP contribution in [0.3, 0.4) is 0 Å². The summed E-state index contributed by atoms with van der Waals surface area (Å²) >= 11 is 5.75. The molecule has 0 atom stereocenters. The smallest absolute Gasteiger partial charge is 0.279 e. The number of aliphatic hydroxyl groups is 1. The number of pyridine rings is 1. The summed E-state index contributed by atoms with van der Waals surface area (Å²) in [5.74, 6) is -0.784. The second-order valence-electron chi connectivity index (χ2n) is 3.86. The van der Waals surface area contributed by atoms with Crippen molar-refractivity contribution in [3.05, 3.63) is 52.9 Å². The van der Waals surface area contributed by atoms with E-state index in [0.717, 1.165) is 6.07 Å². The number of rotatable bonds is 4. The number of halogens is 2. The maximum Gasteiger partial charge on any atom is 0.279 e. The first-order valence-corrected chi connectivity index (χ1v) is 7.33. The number of anilines is 1. The van der Waals surface area contributed by atoms with Crippen molar-refractivity contribution in [3.8, 4) is 0 Å². The summed E-state index contributed by atoms with van der Waals surface area (Å²) in [6.07, 6.45) is 1.22. The van der Waals surface area contributed by atoms with Gasteiger partial charge in [-0.3, -0.25) is 4.72 Å². The molecule has 0 aliphatic heterocycles. The highest BCUT2D eigenvalue weighted by atomic mass is 35.5. The van der Waals surface area contributed by atoms with Gasteiger partial charge in [-0.1, -0.05) is 23.7 Å². The topological polar surface area (TPSA) is 79.3 Å². The van der Waals surface area contributed by atoms with Gasteiger partial charge in [0, 0.05) is 6.20 Å². The van der Waals surface area contributed by atoms with E-state index in [2.05, 4.69) is 4.98 Å². The van der Waals surface area contributed by atoms with Crippen LogP contribution < -0.4 is 4.72 Å². The fraction of sp³-hybridized carbons (Fsp3) is 0.0833. The highest BCUT2D eigenvalue weighted by molar-refractivity contribution is 7.92. The number of para-hydroxylation sites is 1. The van der Waals surface area contributed by atoms with Crippen LogP contribution in [-0.4, -0.2) is 18.5 Å². The molecule has 0 bridgehead atoms. The van der Waals surface area contributed by atoms with E-state index in [1.165, 1.54) is 30.5 Å². The predicted molar refractivity (Wildman–Crippen MR) is 72.4 cm³/mol. The molecule has 0 aliphatic rings. The Hall–Kier alpha value is -1.70. The second-order valence-corrected chi connectivity index (χ2v) is 5.90. The van der Waals surface area contributed by atoms with Crippen molar-refractivity contribution in [3.63, 3.8) is 0 Å². The summed E-state index contributed by atoms with van der Waals surface area (Å²) in [7, 11) is -4.05. The predicted octanol–water partition coefficient (Wildman–Crippen LogP) is 2.17. The lowest BCUT2D eigenvalue weighted by atomic mass is 10.3. The quantitative estimate of drug-likeness (QED) is 0.906. The van der Waals surface area contributed by atoms with E-state index in [4.69, 9.17) is 16.7 Å². The third kappa shape index (κ3) is 3.06. The Labute approximate surface area is 120 Å². The second kappa shape index (κ2) is 5.74. The number of hydrogen-bond donors (Lipinski definition) is 2. The van der Waals surface area contributed by atoms with E-state index < -0.39 is 15.8 Å². The van der Waals surface area contributed by atoms with Gasteiger partial charge in [-0.15, -0.1) is 0 Å². The van der Waals surface area contributed by atoms with Crippen molar-refractivity contribution in [1.29, 1.82) is 0 Å². The molecule has 0 aliphatic carbocycles. The lowest BCUT2D eigenvalue weighted by molar-refractivity contribution is 0.281. The first kappa shape index (κ1) is 14.7. The lowest BCUT2D eigenvalue weighted by Crippen LogP contribution is -2.15. The molecule has 0 fully saturated rings. The first-order chi connectivity index (χ1) is 9.44. The van der Waals surface area contributed by atoms with Crippen molar-refractivity contribution in [2.75, 3.05) is 4.72 Å². The van der Waals surface area contributed by atoms with Crippen molar-refractivity contribution in [2.24, 2.45) is 0 Å². The fourth-order valence-corrected chi connectivity index (χ4v) is 2.73. The van der Waals surface area contributed by atoms with Crippen LogP contribution in [0.15, 0.2) is 41.6 Å². The Kier molecular flexibility index (Phi) is 4.22. The monoisotopic (exact) mass is 316 g/mol. The molecule has 5 nitrogen and oxygen atoms in total. The summed E-state index contributed by atoms with van der Waals surface area (Å²) in [4.78, 5) is 3.70. The maximum atomic E-state index is 13.6. The first-order valence-electron chi connectivity index (χ1n) is 5.46. The average Bonchev–Trinajstić information content (AvgIpc) is 2.43. The van der Waals surface area contributed by atoms with E-state index >= 15 is 0 Å². The van der Waals surface area contributed by atoms with Crippen molar-refractivity contribution in [1.82, 2.24) is 4.98 Å². The minimum atomic E-state index is -4.05. The third-order valence-electron chi connectivity index (χ3n) is 2.45. The summed E-state index contributed by atoms with van der Waals surface area (Å²) < 4.78 is 39.7. The van der Waals surface area contributed by atoms with E-state index in [9.17, 15) is 12.8 Å². The Bertz CT molecular complexity index is 700. The minimum Gasteiger partial charge on any atom is -0.392 e. The molecule has 0 saturated heterocycles. The average molecular weight is 317 g/mol. The number of sulfonamides is 1. The molecule has 1 aromatic heterocycles. The van der Waals surface area contributed by atoms with Crippen molar-refractivity contribution in [2.45, 2.75) is 11.6 Å². The zero-order valence-corrected chi connectivity index (χ0v) is 11.6. The van der Waals surface area contributed by atoms with E-state index in [1.807, 2.05) is 4.72 Å². The molecule has 0 spiro atoms. The molecule has 8 heteroatoms. The van der Waals surface area contributed by atoms with E-state index in [-0.39, 0.29) is 22.3 Å². The molecule has 2 aromatic rings. The standard InChI is InChI=1S/C12H10ClFN2O3S/c13-9-2-1-3-10(14)12(9)16-20(18,19)11-5-4-8(7-17)6-15-11/h1-6,16-17H,7H2. The molecule has 1 heterocycles. The minimum absolute atomic E-state index is 0.0550. The van der Waals surface area contributed by atoms with Crippen LogP contribution in [-0.2, 0) is 16.6 Å². The third-order valence-corrected chi connectivity index (χ3v) is 4.03. The van der Waals surface area contributed by atoms with Gasteiger partial charge < -0.3 is 5.11 Å². The van der Waals surface area contributed by atoms with Crippen LogP contribution in [0, 0.1) is 5.82 Å². The van der Waals surface area contributed by atoms with Gasteiger partial charge in [-0.2, -0.15) is 8.42 Å². The number of aliphatic hydroxyl groups excluding tert-OH is 1. The van der Waals surface area contributed by atoms with Gasteiger partial charge in [-0.25, -0.2) is 9.37 Å². The fourth-order valence-electron chi connectivity index (χ4n) is 1.45. The van der Waals surface area contributed by atoms with Crippen LogP contribution in [0.25, 0.3) is 0 Å². The van der Waals surface area contributed by atoms with Gasteiger partial charge in [0.25, 0.3) is 10.0 Å². The molecule has 0 amide bonds. The Morgan fingerprint density at radius 3 is 2.60 bits per heavy atom. The van der Waals surface area contributed by atoms with Crippen LogP contribution in [0.5, 0.6) is 0 Å². The van der Waals surface area contributed by atoms with Crippen LogP contribution in [0.4, 0.5) is 10.1 Å². The summed E-state index contributed by atoms with van der Waals surface area (Å²) in [6, 6.07) is 6.44. The molecule has 1 aromatic carbocycles. The van der Waals surface area contributed by atoms with E-state index in [0.29, 0.717) is 5.56 Å². The number of hydrogen-bond acceptors (Lipinski definition) is 4. The Morgan fingerprint density at radius 2 is 2.05 bits per heavy atom. The largest absolute Gasteiger partial charge is 0.392 e. The van der Waals surface area contributed by atoms with Crippen molar-refractivity contribution >= 4 is 27.3 Å². The molecule has 2 rings (SSSR count). The summed E-state index contributed by atoms with van der Waals surface area (Å²) in [6.45, 7) is -0.250. The molecule has 20 heavy (non-hydrogen) atoms. The SMILES string of the molecule is O=S(=O)(Nc1c(F)cccc1Cl)c1ccc(CO)cn1. The highest BCUT2D eigenvalue weighted by Crippen LogP contribution is 2.26. The van der Waals surface area contributed by atoms with Crippen LogP contribution in [0.1, 0.15) is 5.56 Å². The summed E-state index contributed by atoms with van der Waals surface area (Å²) in [5, 5.41) is 8.51. The molecular formula is C12H10ClFN2O3S. The van der Waals surface area contributed by atoms with Gasteiger partial charge in [-0.05, 0) is 23.8 Å². The number of aromatic nitrogens is 1.